The van der Waals surface area contributed by atoms with Gasteiger partial charge in [-0.2, -0.15) is 10.4 Å². The summed E-state index contributed by atoms with van der Waals surface area (Å²) >= 11 is 0. The van der Waals surface area contributed by atoms with Gasteiger partial charge in [-0.15, -0.1) is 0 Å². The molecular weight excluding hydrogens is 278 g/mol. The zero-order chi connectivity index (χ0) is 14.4. The number of aromatic amines is 1. The Balaban J connectivity index is 1.88. The number of hydrogen-bond donors (Lipinski definition) is 2. The molecule has 0 radical (unpaired) electrons. The van der Waals surface area contributed by atoms with Crippen molar-refractivity contribution in [1.29, 1.82) is 5.26 Å². The molecule has 2 rings (SSSR count). The molecule has 0 spiro atoms. The first-order chi connectivity index (χ1) is 9.62. The van der Waals surface area contributed by atoms with Gasteiger partial charge in [0.05, 0.1) is 16.5 Å². The van der Waals surface area contributed by atoms with Crippen LogP contribution in [0.1, 0.15) is 17.8 Å². The van der Waals surface area contributed by atoms with Crippen LogP contribution in [0.25, 0.3) is 0 Å². The molecule has 0 aliphatic rings. The molecule has 0 saturated heterocycles. The third-order valence-electron chi connectivity index (χ3n) is 2.64. The predicted molar refractivity (Wildman–Crippen MR) is 71.0 cm³/mol. The summed E-state index contributed by atoms with van der Waals surface area (Å²) in [5.74, 6) is 0.725. The molecular formula is C12H13N5O2S. The van der Waals surface area contributed by atoms with Crippen LogP contribution in [0.2, 0.25) is 0 Å². The highest BCUT2D eigenvalue weighted by molar-refractivity contribution is 7.89. The molecule has 0 bridgehead atoms. The van der Waals surface area contributed by atoms with Crippen LogP contribution in [-0.2, 0) is 16.4 Å². The van der Waals surface area contributed by atoms with Crippen molar-refractivity contribution in [3.8, 4) is 6.07 Å². The Morgan fingerprint density at radius 3 is 2.65 bits per heavy atom. The Labute approximate surface area is 116 Å². The van der Waals surface area contributed by atoms with Crippen LogP contribution >= 0.6 is 0 Å². The van der Waals surface area contributed by atoms with Crippen molar-refractivity contribution in [1.82, 2.24) is 19.9 Å². The minimum Gasteiger partial charge on any atom is -0.263 e. The lowest BCUT2D eigenvalue weighted by Crippen LogP contribution is -2.25. The summed E-state index contributed by atoms with van der Waals surface area (Å²) in [7, 11) is -3.53. The number of sulfonamides is 1. The lowest BCUT2D eigenvalue weighted by Gasteiger charge is -2.06. The lowest BCUT2D eigenvalue weighted by molar-refractivity contribution is 0.578. The molecule has 2 aromatic rings. The molecule has 1 aromatic heterocycles. The van der Waals surface area contributed by atoms with Gasteiger partial charge in [-0.3, -0.25) is 5.10 Å². The Kier molecular flexibility index (Phi) is 4.45. The number of benzene rings is 1. The zero-order valence-corrected chi connectivity index (χ0v) is 11.4. The van der Waals surface area contributed by atoms with E-state index in [1.165, 1.54) is 30.6 Å². The number of aromatic nitrogens is 3. The van der Waals surface area contributed by atoms with Crippen molar-refractivity contribution < 1.29 is 8.42 Å². The van der Waals surface area contributed by atoms with E-state index in [-0.39, 0.29) is 4.90 Å². The molecule has 0 fully saturated rings. The number of nitrogens with zero attached hydrogens (tertiary/aromatic N) is 3. The third kappa shape index (κ3) is 3.63. The van der Waals surface area contributed by atoms with Gasteiger partial charge >= 0.3 is 0 Å². The number of hydrogen-bond acceptors (Lipinski definition) is 5. The Hall–Kier alpha value is -2.24. The van der Waals surface area contributed by atoms with E-state index >= 15 is 0 Å². The van der Waals surface area contributed by atoms with E-state index in [9.17, 15) is 8.42 Å². The molecule has 20 heavy (non-hydrogen) atoms. The molecule has 2 N–H and O–H groups in total. The molecule has 0 aliphatic heterocycles. The maximum Gasteiger partial charge on any atom is 0.240 e. The van der Waals surface area contributed by atoms with Gasteiger partial charge in [0.15, 0.2) is 0 Å². The van der Waals surface area contributed by atoms with Crippen molar-refractivity contribution in [3.63, 3.8) is 0 Å². The summed E-state index contributed by atoms with van der Waals surface area (Å²) < 4.78 is 26.4. The summed E-state index contributed by atoms with van der Waals surface area (Å²) in [5.41, 5.74) is 0.425. The largest absolute Gasteiger partial charge is 0.263 e. The normalized spacial score (nSPS) is 11.2. The summed E-state index contributed by atoms with van der Waals surface area (Å²) in [5, 5.41) is 15.1. The number of nitriles is 1. The molecule has 0 amide bonds. The molecule has 0 saturated carbocycles. The van der Waals surface area contributed by atoms with Crippen LogP contribution in [0.15, 0.2) is 35.5 Å². The smallest absolute Gasteiger partial charge is 0.240 e. The fourth-order valence-corrected chi connectivity index (χ4v) is 2.68. The Bertz CT molecular complexity index is 686. The van der Waals surface area contributed by atoms with Gasteiger partial charge in [-0.1, -0.05) is 0 Å². The van der Waals surface area contributed by atoms with Crippen molar-refractivity contribution in [2.45, 2.75) is 17.7 Å². The Morgan fingerprint density at radius 2 is 2.05 bits per heavy atom. The number of H-pyrrole nitrogens is 1. The maximum atomic E-state index is 12.0. The van der Waals surface area contributed by atoms with Gasteiger partial charge < -0.3 is 0 Å². The van der Waals surface area contributed by atoms with Gasteiger partial charge in [0.25, 0.3) is 0 Å². The SMILES string of the molecule is N#Cc1ccc(S(=O)(=O)NCCCc2ncn[nH]2)cc1. The quantitative estimate of drug-likeness (QED) is 0.756. The minimum atomic E-state index is -3.53. The van der Waals surface area contributed by atoms with Gasteiger partial charge in [0, 0.05) is 13.0 Å². The third-order valence-corrected chi connectivity index (χ3v) is 4.12. The van der Waals surface area contributed by atoms with Gasteiger partial charge in [-0.25, -0.2) is 18.1 Å². The fraction of sp³-hybridized carbons (Fsp3) is 0.250. The van der Waals surface area contributed by atoms with E-state index < -0.39 is 10.0 Å². The standard InChI is InChI=1S/C12H13N5O2S/c13-8-10-3-5-11(6-4-10)20(18,19)16-7-1-2-12-14-9-15-17-12/h3-6,9,16H,1-2,7H2,(H,14,15,17). The highest BCUT2D eigenvalue weighted by Gasteiger charge is 2.12. The van der Waals surface area contributed by atoms with Crippen LogP contribution < -0.4 is 4.72 Å². The Morgan fingerprint density at radius 1 is 1.30 bits per heavy atom. The van der Waals surface area contributed by atoms with E-state index in [0.29, 0.717) is 24.9 Å². The first-order valence-electron chi connectivity index (χ1n) is 5.96. The van der Waals surface area contributed by atoms with Crippen molar-refractivity contribution in [3.05, 3.63) is 42.0 Å². The monoisotopic (exact) mass is 291 g/mol. The summed E-state index contributed by atoms with van der Waals surface area (Å²) in [6.07, 6.45) is 2.65. The fourth-order valence-electron chi connectivity index (χ4n) is 1.61. The van der Waals surface area contributed by atoms with E-state index in [2.05, 4.69) is 19.9 Å². The van der Waals surface area contributed by atoms with E-state index in [4.69, 9.17) is 5.26 Å². The highest BCUT2D eigenvalue weighted by Crippen LogP contribution is 2.09. The first kappa shape index (κ1) is 14.2. The zero-order valence-electron chi connectivity index (χ0n) is 10.6. The second kappa shape index (κ2) is 6.27. The van der Waals surface area contributed by atoms with E-state index in [1.54, 1.807) is 0 Å². The summed E-state index contributed by atoms with van der Waals surface area (Å²) in [4.78, 5) is 4.10. The highest BCUT2D eigenvalue weighted by atomic mass is 32.2. The second-order valence-corrected chi connectivity index (χ2v) is 5.84. The summed E-state index contributed by atoms with van der Waals surface area (Å²) in [6.45, 7) is 0.309. The number of rotatable bonds is 6. The summed E-state index contributed by atoms with van der Waals surface area (Å²) in [6, 6.07) is 7.72. The van der Waals surface area contributed by atoms with Crippen LogP contribution in [0, 0.1) is 11.3 Å². The molecule has 0 unspecified atom stereocenters. The number of nitrogens with one attached hydrogen (secondary N) is 2. The van der Waals surface area contributed by atoms with E-state index in [1.807, 2.05) is 6.07 Å². The van der Waals surface area contributed by atoms with E-state index in [0.717, 1.165) is 5.82 Å². The lowest BCUT2D eigenvalue weighted by atomic mass is 10.2. The number of aryl methyl sites for hydroxylation is 1. The van der Waals surface area contributed by atoms with Gasteiger partial charge in [0.2, 0.25) is 10.0 Å². The molecule has 104 valence electrons. The van der Waals surface area contributed by atoms with Crippen LogP contribution in [0.3, 0.4) is 0 Å². The van der Waals surface area contributed by atoms with Crippen LogP contribution in [-0.4, -0.2) is 30.1 Å². The van der Waals surface area contributed by atoms with Crippen molar-refractivity contribution in [2.24, 2.45) is 0 Å². The average molecular weight is 291 g/mol. The topological polar surface area (TPSA) is 112 Å². The maximum absolute atomic E-state index is 12.0. The average Bonchev–Trinajstić information content (AvgIpc) is 2.97. The van der Waals surface area contributed by atoms with Crippen molar-refractivity contribution >= 4 is 10.0 Å². The molecule has 7 nitrogen and oxygen atoms in total. The second-order valence-electron chi connectivity index (χ2n) is 4.07. The van der Waals surface area contributed by atoms with Crippen LogP contribution in [0.5, 0.6) is 0 Å². The molecule has 1 heterocycles. The molecule has 0 atom stereocenters. The van der Waals surface area contributed by atoms with Gasteiger partial charge in [-0.05, 0) is 30.7 Å². The predicted octanol–water partition coefficient (Wildman–Crippen LogP) is 0.587. The molecule has 1 aromatic carbocycles. The molecule has 8 heteroatoms. The molecule has 0 aliphatic carbocycles. The first-order valence-corrected chi connectivity index (χ1v) is 7.44. The minimum absolute atomic E-state index is 0.149. The van der Waals surface area contributed by atoms with Gasteiger partial charge in [0.1, 0.15) is 12.2 Å². The van der Waals surface area contributed by atoms with Crippen LogP contribution in [0.4, 0.5) is 0 Å². The van der Waals surface area contributed by atoms with Crippen molar-refractivity contribution in [2.75, 3.05) is 6.54 Å².